The lowest BCUT2D eigenvalue weighted by atomic mass is 10.1. The van der Waals surface area contributed by atoms with Crippen LogP contribution in [-0.2, 0) is 0 Å². The molecule has 1 aromatic rings. The lowest BCUT2D eigenvalue weighted by Crippen LogP contribution is -2.46. The van der Waals surface area contributed by atoms with E-state index in [1.807, 2.05) is 11.9 Å². The van der Waals surface area contributed by atoms with E-state index in [0.29, 0.717) is 37.5 Å². The molecule has 0 unspecified atom stereocenters. The van der Waals surface area contributed by atoms with Gasteiger partial charge in [-0.15, -0.1) is 0 Å². The number of alkyl halides is 3. The number of hydrogen-bond acceptors (Lipinski definition) is 3. The monoisotopic (exact) mass is 300 g/mol. The van der Waals surface area contributed by atoms with Gasteiger partial charge in [0.15, 0.2) is 0 Å². The Morgan fingerprint density at radius 2 is 1.67 bits per heavy atom. The maximum atomic E-state index is 13.3. The zero-order valence-electron chi connectivity index (χ0n) is 12.2. The molecule has 0 aromatic heterocycles. The van der Waals surface area contributed by atoms with Crippen LogP contribution in [0.1, 0.15) is 5.56 Å². The Kier molecular flexibility index (Phi) is 4.77. The zero-order chi connectivity index (χ0) is 15.5. The Morgan fingerprint density at radius 1 is 1.10 bits per heavy atom. The van der Waals surface area contributed by atoms with E-state index in [1.54, 1.807) is 24.3 Å². The molecule has 2 rings (SSSR count). The van der Waals surface area contributed by atoms with E-state index < -0.39 is 11.9 Å². The Balaban J connectivity index is 2.24. The third-order valence-corrected chi connectivity index (χ3v) is 3.55. The van der Waals surface area contributed by atoms with Crippen molar-refractivity contribution >= 4 is 6.08 Å². The fraction of sp³-hybridized carbons (Fsp3) is 0.467. The van der Waals surface area contributed by atoms with Gasteiger partial charge in [-0.25, -0.2) is 0 Å². The Labute approximate surface area is 122 Å². The van der Waals surface area contributed by atoms with Gasteiger partial charge in [0.2, 0.25) is 0 Å². The normalized spacial score (nSPS) is 18.0. The molecule has 1 heterocycles. The van der Waals surface area contributed by atoms with Crippen molar-refractivity contribution in [1.82, 2.24) is 9.80 Å². The lowest BCUT2D eigenvalue weighted by molar-refractivity contribution is -0.112. The average molecular weight is 300 g/mol. The van der Waals surface area contributed by atoms with E-state index in [1.165, 1.54) is 18.1 Å². The number of likely N-dealkylation sites (N-methyl/N-ethyl adjacent to an activating group) is 1. The van der Waals surface area contributed by atoms with E-state index in [9.17, 15) is 13.2 Å². The van der Waals surface area contributed by atoms with Crippen molar-refractivity contribution in [3.63, 3.8) is 0 Å². The van der Waals surface area contributed by atoms with E-state index in [2.05, 4.69) is 0 Å². The quantitative estimate of drug-likeness (QED) is 0.854. The molecule has 0 N–H and O–H groups in total. The van der Waals surface area contributed by atoms with Gasteiger partial charge in [-0.05, 0) is 30.8 Å². The molecule has 6 heteroatoms. The van der Waals surface area contributed by atoms with Crippen LogP contribution >= 0.6 is 0 Å². The first-order valence-electron chi connectivity index (χ1n) is 6.76. The number of methoxy groups -OCH3 is 1. The van der Waals surface area contributed by atoms with Crippen LogP contribution in [0.2, 0.25) is 0 Å². The highest BCUT2D eigenvalue weighted by molar-refractivity contribution is 5.54. The summed E-state index contributed by atoms with van der Waals surface area (Å²) < 4.78 is 44.9. The molecule has 21 heavy (non-hydrogen) atoms. The fourth-order valence-corrected chi connectivity index (χ4v) is 2.26. The molecule has 0 spiro atoms. The summed E-state index contributed by atoms with van der Waals surface area (Å²) in [4.78, 5) is 3.43. The summed E-state index contributed by atoms with van der Waals surface area (Å²) in [5.74, 6) is 0.625. The number of hydrogen-bond donors (Lipinski definition) is 0. The molecule has 0 saturated carbocycles. The summed E-state index contributed by atoms with van der Waals surface area (Å²) in [6.07, 6.45) is -3.15. The molecule has 0 amide bonds. The highest BCUT2D eigenvalue weighted by Gasteiger charge is 2.38. The first-order chi connectivity index (χ1) is 9.90. The third kappa shape index (κ3) is 4.14. The van der Waals surface area contributed by atoms with Crippen LogP contribution < -0.4 is 4.74 Å². The minimum absolute atomic E-state index is 0.387. The van der Waals surface area contributed by atoms with Gasteiger partial charge < -0.3 is 14.5 Å². The largest absolute Gasteiger partial charge is 0.497 e. The van der Waals surface area contributed by atoms with Gasteiger partial charge in [0.1, 0.15) is 11.4 Å². The summed E-state index contributed by atoms with van der Waals surface area (Å²) in [6, 6.07) is 6.56. The molecule has 1 aromatic carbocycles. The highest BCUT2D eigenvalue weighted by Crippen LogP contribution is 2.31. The number of nitrogens with zero attached hydrogens (tertiary/aromatic N) is 2. The van der Waals surface area contributed by atoms with Crippen LogP contribution in [0.3, 0.4) is 0 Å². The lowest BCUT2D eigenvalue weighted by Gasteiger charge is -2.36. The van der Waals surface area contributed by atoms with Gasteiger partial charge in [-0.3, -0.25) is 0 Å². The van der Waals surface area contributed by atoms with Crippen LogP contribution in [0.25, 0.3) is 6.08 Å². The Morgan fingerprint density at radius 3 is 2.14 bits per heavy atom. The molecule has 0 radical (unpaired) electrons. The number of ether oxygens (including phenoxy) is 1. The van der Waals surface area contributed by atoms with E-state index in [-0.39, 0.29) is 0 Å². The fourth-order valence-electron chi connectivity index (χ4n) is 2.26. The van der Waals surface area contributed by atoms with Gasteiger partial charge in [-0.2, -0.15) is 13.2 Å². The van der Waals surface area contributed by atoms with Crippen LogP contribution in [-0.4, -0.2) is 56.3 Å². The number of allylic oxidation sites excluding steroid dienone is 1. The van der Waals surface area contributed by atoms with Crippen molar-refractivity contribution in [3.05, 3.63) is 35.5 Å². The second kappa shape index (κ2) is 6.39. The predicted molar refractivity (Wildman–Crippen MR) is 76.1 cm³/mol. The summed E-state index contributed by atoms with van der Waals surface area (Å²) in [7, 11) is 3.44. The first kappa shape index (κ1) is 15.7. The molecule has 0 bridgehead atoms. The molecule has 3 nitrogen and oxygen atoms in total. The molecule has 0 atom stereocenters. The maximum absolute atomic E-state index is 13.3. The summed E-state index contributed by atoms with van der Waals surface area (Å²) in [5.41, 5.74) is -0.0668. The number of halogens is 3. The maximum Gasteiger partial charge on any atom is 0.431 e. The summed E-state index contributed by atoms with van der Waals surface area (Å²) in [6.45, 7) is 2.04. The van der Waals surface area contributed by atoms with Crippen LogP contribution in [0.4, 0.5) is 13.2 Å². The standard InChI is InChI=1S/C15H19F3N2O/c1-19-7-9-20(10-8-19)14(15(16,17)18)11-12-3-5-13(21-2)6-4-12/h3-6,11H,7-10H2,1-2H3/b14-11+. The van der Waals surface area contributed by atoms with Crippen molar-refractivity contribution in [3.8, 4) is 5.75 Å². The molecule has 1 fully saturated rings. The predicted octanol–water partition coefficient (Wildman–Crippen LogP) is 2.85. The summed E-state index contributed by atoms with van der Waals surface area (Å²) in [5, 5.41) is 0. The molecule has 1 saturated heterocycles. The van der Waals surface area contributed by atoms with Crippen molar-refractivity contribution < 1.29 is 17.9 Å². The van der Waals surface area contributed by atoms with Crippen LogP contribution in [0.5, 0.6) is 5.75 Å². The zero-order valence-corrected chi connectivity index (χ0v) is 12.2. The molecule has 1 aliphatic heterocycles. The van der Waals surface area contributed by atoms with Gasteiger partial charge >= 0.3 is 6.18 Å². The van der Waals surface area contributed by atoms with Crippen molar-refractivity contribution in [2.75, 3.05) is 40.3 Å². The molecule has 116 valence electrons. The Bertz CT molecular complexity index is 489. The van der Waals surface area contributed by atoms with Gasteiger partial charge in [0, 0.05) is 26.2 Å². The minimum Gasteiger partial charge on any atom is -0.497 e. The number of benzene rings is 1. The second-order valence-electron chi connectivity index (χ2n) is 5.09. The molecular formula is C15H19F3N2O. The molecular weight excluding hydrogens is 281 g/mol. The van der Waals surface area contributed by atoms with Crippen molar-refractivity contribution in [2.24, 2.45) is 0 Å². The van der Waals surface area contributed by atoms with Crippen LogP contribution in [0, 0.1) is 0 Å². The topological polar surface area (TPSA) is 15.7 Å². The van der Waals surface area contributed by atoms with Crippen molar-refractivity contribution in [1.29, 1.82) is 0 Å². The SMILES string of the molecule is COc1ccc(/C=C(/N2CCN(C)CC2)C(F)(F)F)cc1. The average Bonchev–Trinajstić information content (AvgIpc) is 2.45. The highest BCUT2D eigenvalue weighted by atomic mass is 19.4. The molecule has 0 aliphatic carbocycles. The van der Waals surface area contributed by atoms with E-state index >= 15 is 0 Å². The second-order valence-corrected chi connectivity index (χ2v) is 5.09. The summed E-state index contributed by atoms with van der Waals surface area (Å²) >= 11 is 0. The number of piperazine rings is 1. The minimum atomic E-state index is -4.35. The third-order valence-electron chi connectivity index (χ3n) is 3.55. The molecule has 1 aliphatic rings. The van der Waals surface area contributed by atoms with Crippen LogP contribution in [0.15, 0.2) is 30.0 Å². The van der Waals surface area contributed by atoms with Crippen molar-refractivity contribution in [2.45, 2.75) is 6.18 Å². The number of rotatable bonds is 3. The smallest absolute Gasteiger partial charge is 0.431 e. The first-order valence-corrected chi connectivity index (χ1v) is 6.76. The van der Waals surface area contributed by atoms with Gasteiger partial charge in [-0.1, -0.05) is 12.1 Å². The van der Waals surface area contributed by atoms with E-state index in [4.69, 9.17) is 4.74 Å². The van der Waals surface area contributed by atoms with E-state index in [0.717, 1.165) is 0 Å². The van der Waals surface area contributed by atoms with Gasteiger partial charge in [0.25, 0.3) is 0 Å². The van der Waals surface area contributed by atoms with Gasteiger partial charge in [0.05, 0.1) is 7.11 Å². The Hall–Kier alpha value is -1.69.